The van der Waals surface area contributed by atoms with Crippen molar-refractivity contribution in [3.8, 4) is 5.75 Å². The molecule has 0 saturated heterocycles. The summed E-state index contributed by atoms with van der Waals surface area (Å²) in [4.78, 5) is 23.1. The van der Waals surface area contributed by atoms with Gasteiger partial charge in [0.25, 0.3) is 11.6 Å². The molecule has 3 rings (SSSR count). The fraction of sp³-hybridized carbons (Fsp3) is 0.316. The number of hydrogen-bond donors (Lipinski definition) is 1. The van der Waals surface area contributed by atoms with Gasteiger partial charge in [0.1, 0.15) is 5.75 Å². The van der Waals surface area contributed by atoms with Crippen LogP contribution in [0.2, 0.25) is 5.02 Å². The number of amides is 1. The van der Waals surface area contributed by atoms with Crippen LogP contribution in [0.15, 0.2) is 42.5 Å². The number of ether oxygens (including phenoxy) is 1. The number of nitrogens with zero attached hydrogens (tertiary/aromatic N) is 1. The number of methoxy groups -OCH3 is 1. The van der Waals surface area contributed by atoms with E-state index in [9.17, 15) is 14.9 Å². The van der Waals surface area contributed by atoms with Gasteiger partial charge in [-0.1, -0.05) is 36.6 Å². The van der Waals surface area contributed by atoms with E-state index in [2.05, 4.69) is 5.32 Å². The fourth-order valence-electron chi connectivity index (χ4n) is 3.46. The number of nitrogens with one attached hydrogen (secondary N) is 1. The van der Waals surface area contributed by atoms with Crippen molar-refractivity contribution in [2.75, 3.05) is 7.11 Å². The molecule has 1 N–H and O–H groups in total. The van der Waals surface area contributed by atoms with Gasteiger partial charge < -0.3 is 10.1 Å². The average Bonchev–Trinajstić information content (AvgIpc) is 3.11. The maximum Gasteiger partial charge on any atom is 0.270 e. The first kappa shape index (κ1) is 18.2. The van der Waals surface area contributed by atoms with Gasteiger partial charge in [-0.3, -0.25) is 14.9 Å². The molecule has 136 valence electrons. The van der Waals surface area contributed by atoms with Crippen LogP contribution in [0.3, 0.4) is 0 Å². The van der Waals surface area contributed by atoms with Crippen molar-refractivity contribution < 1.29 is 14.5 Å². The van der Waals surface area contributed by atoms with Crippen molar-refractivity contribution in [1.29, 1.82) is 0 Å². The first-order valence-electron chi connectivity index (χ1n) is 8.36. The zero-order chi connectivity index (χ0) is 18.7. The average molecular weight is 375 g/mol. The predicted molar refractivity (Wildman–Crippen MR) is 98.7 cm³/mol. The Labute approximate surface area is 156 Å². The summed E-state index contributed by atoms with van der Waals surface area (Å²) < 4.78 is 5.20. The molecule has 1 amide bonds. The van der Waals surface area contributed by atoms with Gasteiger partial charge in [0, 0.05) is 12.1 Å². The van der Waals surface area contributed by atoms with E-state index in [-0.39, 0.29) is 22.2 Å². The number of carbonyl (C=O) groups excluding carboxylic acids is 1. The van der Waals surface area contributed by atoms with E-state index in [0.717, 1.165) is 37.0 Å². The Kier molecular flexibility index (Phi) is 5.13. The number of nitro benzene ring substituents is 1. The number of benzene rings is 2. The lowest BCUT2D eigenvalue weighted by atomic mass is 9.87. The number of halogens is 1. The molecule has 0 unspecified atom stereocenters. The molecule has 0 aromatic heterocycles. The normalized spacial score (nSPS) is 15.5. The van der Waals surface area contributed by atoms with E-state index in [4.69, 9.17) is 16.3 Å². The van der Waals surface area contributed by atoms with Crippen molar-refractivity contribution in [2.45, 2.75) is 31.2 Å². The van der Waals surface area contributed by atoms with E-state index in [1.807, 2.05) is 24.3 Å². The van der Waals surface area contributed by atoms with E-state index >= 15 is 0 Å². The maximum absolute atomic E-state index is 12.8. The quantitative estimate of drug-likeness (QED) is 0.619. The lowest BCUT2D eigenvalue weighted by Gasteiger charge is -2.31. The summed E-state index contributed by atoms with van der Waals surface area (Å²) in [5.74, 6) is 0.425. The molecule has 0 bridgehead atoms. The van der Waals surface area contributed by atoms with Crippen molar-refractivity contribution in [3.05, 3.63) is 68.7 Å². The second kappa shape index (κ2) is 7.33. The zero-order valence-electron chi connectivity index (χ0n) is 14.3. The molecule has 1 aliphatic carbocycles. The van der Waals surface area contributed by atoms with Gasteiger partial charge >= 0.3 is 0 Å². The standard InChI is InChI=1S/C19H19ClN2O4/c1-26-15-7-4-13(5-8-15)19(10-2-3-11-19)21-18(23)16-9-6-14(22(24)25)12-17(16)20/h4-9,12H,2-3,10-11H2,1H3,(H,21,23). The Morgan fingerprint density at radius 1 is 1.19 bits per heavy atom. The van der Waals surface area contributed by atoms with Gasteiger partial charge in [0.05, 0.1) is 28.2 Å². The molecule has 2 aromatic rings. The van der Waals surface area contributed by atoms with Crippen LogP contribution >= 0.6 is 11.6 Å². The summed E-state index contributed by atoms with van der Waals surface area (Å²) in [6.45, 7) is 0. The third-order valence-electron chi connectivity index (χ3n) is 4.86. The predicted octanol–water partition coefficient (Wildman–Crippen LogP) is 4.46. The minimum atomic E-state index is -0.538. The van der Waals surface area contributed by atoms with Crippen LogP contribution in [0.1, 0.15) is 41.6 Å². The Morgan fingerprint density at radius 2 is 1.85 bits per heavy atom. The number of carbonyl (C=O) groups is 1. The van der Waals surface area contributed by atoms with Gasteiger partial charge in [-0.2, -0.15) is 0 Å². The molecule has 2 aromatic carbocycles. The molecule has 0 heterocycles. The Morgan fingerprint density at radius 3 is 2.38 bits per heavy atom. The summed E-state index contributed by atoms with van der Waals surface area (Å²) >= 11 is 6.10. The largest absolute Gasteiger partial charge is 0.497 e. The molecule has 7 heteroatoms. The zero-order valence-corrected chi connectivity index (χ0v) is 15.1. The molecule has 1 aliphatic rings. The first-order chi connectivity index (χ1) is 12.4. The number of rotatable bonds is 5. The summed E-state index contributed by atoms with van der Waals surface area (Å²) in [5, 5.41) is 14.0. The number of hydrogen-bond acceptors (Lipinski definition) is 4. The molecular weight excluding hydrogens is 356 g/mol. The minimum Gasteiger partial charge on any atom is -0.497 e. The van der Waals surface area contributed by atoms with Crippen LogP contribution in [0.5, 0.6) is 5.75 Å². The van der Waals surface area contributed by atoms with Crippen LogP contribution in [0.4, 0.5) is 5.69 Å². The Balaban J connectivity index is 1.88. The van der Waals surface area contributed by atoms with Crippen molar-refractivity contribution >= 4 is 23.2 Å². The summed E-state index contributed by atoms with van der Waals surface area (Å²) in [7, 11) is 1.61. The third kappa shape index (κ3) is 3.51. The first-order valence-corrected chi connectivity index (χ1v) is 8.74. The molecule has 26 heavy (non-hydrogen) atoms. The van der Waals surface area contributed by atoms with Crippen molar-refractivity contribution in [2.24, 2.45) is 0 Å². The van der Waals surface area contributed by atoms with Crippen LogP contribution in [0, 0.1) is 10.1 Å². The van der Waals surface area contributed by atoms with Crippen molar-refractivity contribution in [3.63, 3.8) is 0 Å². The molecular formula is C19H19ClN2O4. The fourth-order valence-corrected chi connectivity index (χ4v) is 3.72. The summed E-state index contributed by atoms with van der Waals surface area (Å²) in [6, 6.07) is 11.6. The van der Waals surface area contributed by atoms with Crippen LogP contribution < -0.4 is 10.1 Å². The molecule has 0 atom stereocenters. The monoisotopic (exact) mass is 374 g/mol. The molecule has 1 saturated carbocycles. The lowest BCUT2D eigenvalue weighted by molar-refractivity contribution is -0.384. The highest BCUT2D eigenvalue weighted by molar-refractivity contribution is 6.34. The molecule has 1 fully saturated rings. The molecule has 6 nitrogen and oxygen atoms in total. The SMILES string of the molecule is COc1ccc(C2(NC(=O)c3ccc([N+](=O)[O-])cc3Cl)CCCC2)cc1. The molecule has 0 radical (unpaired) electrons. The second-order valence-corrected chi connectivity index (χ2v) is 6.80. The van der Waals surface area contributed by atoms with E-state index in [0.29, 0.717) is 0 Å². The molecule has 0 spiro atoms. The van der Waals surface area contributed by atoms with Gasteiger partial charge in [0.15, 0.2) is 0 Å². The van der Waals surface area contributed by atoms with E-state index in [1.54, 1.807) is 7.11 Å². The maximum atomic E-state index is 12.8. The third-order valence-corrected chi connectivity index (χ3v) is 5.17. The number of nitro groups is 1. The number of non-ortho nitro benzene ring substituents is 1. The van der Waals surface area contributed by atoms with Crippen LogP contribution in [0.25, 0.3) is 0 Å². The lowest BCUT2D eigenvalue weighted by Crippen LogP contribution is -2.43. The van der Waals surface area contributed by atoms with Crippen molar-refractivity contribution in [1.82, 2.24) is 5.32 Å². The van der Waals surface area contributed by atoms with Gasteiger partial charge in [-0.05, 0) is 36.6 Å². The van der Waals surface area contributed by atoms with E-state index < -0.39 is 10.5 Å². The highest BCUT2D eigenvalue weighted by Crippen LogP contribution is 2.39. The van der Waals surface area contributed by atoms with Crippen LogP contribution in [-0.2, 0) is 5.54 Å². The highest BCUT2D eigenvalue weighted by atomic mass is 35.5. The topological polar surface area (TPSA) is 81.5 Å². The Hall–Kier alpha value is -2.60. The van der Waals surface area contributed by atoms with E-state index in [1.165, 1.54) is 18.2 Å². The smallest absolute Gasteiger partial charge is 0.270 e. The highest BCUT2D eigenvalue weighted by Gasteiger charge is 2.37. The summed E-state index contributed by atoms with van der Waals surface area (Å²) in [6.07, 6.45) is 3.69. The second-order valence-electron chi connectivity index (χ2n) is 6.39. The van der Waals surface area contributed by atoms with Gasteiger partial charge in [-0.25, -0.2) is 0 Å². The van der Waals surface area contributed by atoms with Crippen LogP contribution in [-0.4, -0.2) is 17.9 Å². The molecule has 0 aliphatic heterocycles. The van der Waals surface area contributed by atoms with Gasteiger partial charge in [-0.15, -0.1) is 0 Å². The van der Waals surface area contributed by atoms with Gasteiger partial charge in [0.2, 0.25) is 0 Å². The Bertz CT molecular complexity index is 830. The summed E-state index contributed by atoms with van der Waals surface area (Å²) in [5.41, 5.74) is 0.644. The minimum absolute atomic E-state index is 0.0691.